The van der Waals surface area contributed by atoms with E-state index in [1.807, 2.05) is 30.3 Å². The predicted molar refractivity (Wildman–Crippen MR) is 126 cm³/mol. The van der Waals surface area contributed by atoms with Crippen LogP contribution in [0.1, 0.15) is 34.5 Å². The van der Waals surface area contributed by atoms with Gasteiger partial charge in [0.05, 0.1) is 24.0 Å². The van der Waals surface area contributed by atoms with Crippen LogP contribution in [0.25, 0.3) is 11.1 Å². The van der Waals surface area contributed by atoms with Crippen LogP contribution in [0.3, 0.4) is 0 Å². The number of carbonyl (C=O) groups excluding carboxylic acids is 1. The number of aromatic nitrogens is 2. The molecule has 33 heavy (non-hydrogen) atoms. The molecule has 174 valence electrons. The van der Waals surface area contributed by atoms with Crippen LogP contribution >= 0.6 is 22.9 Å². The van der Waals surface area contributed by atoms with Crippen LogP contribution in [0.15, 0.2) is 49.2 Å². The molecule has 3 aromatic rings. The van der Waals surface area contributed by atoms with Crippen molar-refractivity contribution in [2.24, 2.45) is 0 Å². The lowest BCUT2D eigenvalue weighted by molar-refractivity contribution is -0.127. The number of halogens is 3. The Balaban J connectivity index is 1.86. The lowest BCUT2D eigenvalue weighted by atomic mass is 9.83. The molecule has 1 amide bonds. The van der Waals surface area contributed by atoms with E-state index >= 15 is 0 Å². The molecular weight excluding hydrogens is 468 g/mol. The van der Waals surface area contributed by atoms with Gasteiger partial charge in [0.25, 0.3) is 5.92 Å². The second-order valence-corrected chi connectivity index (χ2v) is 9.80. The molecule has 4 rings (SSSR count). The Labute approximate surface area is 200 Å². The minimum atomic E-state index is -3.13. The highest BCUT2D eigenvalue weighted by molar-refractivity contribution is 7.16. The van der Waals surface area contributed by atoms with E-state index in [0.29, 0.717) is 41.7 Å². The van der Waals surface area contributed by atoms with E-state index in [1.54, 1.807) is 18.2 Å². The van der Waals surface area contributed by atoms with Crippen molar-refractivity contribution in [2.75, 3.05) is 20.3 Å². The standard InChI is InChI=1S/C24H24ClF2N3O2S/c1-4-22(31)29-12-18(17-11-21(25)33-20(17)14-29)15-7-5-6-8-16(15)19-13-30(9-10-32-3)28-23(19)24(2,26)27/h4-8,11,13,18H,1,9-10,12,14H2,2-3H3/t18-/m0/s1. The number of alkyl halides is 2. The van der Waals surface area contributed by atoms with Crippen LogP contribution < -0.4 is 0 Å². The summed E-state index contributed by atoms with van der Waals surface area (Å²) in [6.45, 7) is 6.02. The van der Waals surface area contributed by atoms with E-state index < -0.39 is 5.92 Å². The molecule has 1 aliphatic heterocycles. The Hall–Kier alpha value is -2.55. The second-order valence-electron chi connectivity index (χ2n) is 8.03. The van der Waals surface area contributed by atoms with E-state index in [-0.39, 0.29) is 17.5 Å². The number of fused-ring (bicyclic) bond motifs is 1. The Morgan fingerprint density at radius 1 is 1.36 bits per heavy atom. The molecule has 0 aliphatic carbocycles. The van der Waals surface area contributed by atoms with Gasteiger partial charge < -0.3 is 9.64 Å². The molecule has 0 spiro atoms. The highest BCUT2D eigenvalue weighted by Crippen LogP contribution is 2.44. The minimum absolute atomic E-state index is 0.180. The first-order chi connectivity index (χ1) is 15.7. The summed E-state index contributed by atoms with van der Waals surface area (Å²) in [6, 6.07) is 9.35. The number of thiophene rings is 1. The molecule has 0 bridgehead atoms. The van der Waals surface area contributed by atoms with Crippen molar-refractivity contribution >= 4 is 28.8 Å². The predicted octanol–water partition coefficient (Wildman–Crippen LogP) is 5.68. The number of carbonyl (C=O) groups is 1. The van der Waals surface area contributed by atoms with Crippen LogP contribution in [0.2, 0.25) is 4.34 Å². The topological polar surface area (TPSA) is 47.4 Å². The smallest absolute Gasteiger partial charge is 0.289 e. The SMILES string of the molecule is C=CC(=O)N1Cc2sc(Cl)cc2[C@H](c2ccccc2-c2cn(CCOC)nc2C(C)(F)F)C1. The Bertz CT molecular complexity index is 1180. The summed E-state index contributed by atoms with van der Waals surface area (Å²) in [5.74, 6) is -3.53. The summed E-state index contributed by atoms with van der Waals surface area (Å²) >= 11 is 7.76. The summed E-state index contributed by atoms with van der Waals surface area (Å²) in [5.41, 5.74) is 2.59. The minimum Gasteiger partial charge on any atom is -0.383 e. The van der Waals surface area contributed by atoms with Gasteiger partial charge in [-0.05, 0) is 28.8 Å². The number of hydrogen-bond acceptors (Lipinski definition) is 4. The lowest BCUT2D eigenvalue weighted by Crippen LogP contribution is -2.37. The average Bonchev–Trinajstić information content (AvgIpc) is 3.39. The van der Waals surface area contributed by atoms with Gasteiger partial charge in [0.1, 0.15) is 5.69 Å². The Kier molecular flexibility index (Phi) is 6.70. The summed E-state index contributed by atoms with van der Waals surface area (Å²) in [6.07, 6.45) is 2.93. The molecule has 0 saturated heterocycles. The third-order valence-electron chi connectivity index (χ3n) is 5.74. The second kappa shape index (κ2) is 9.37. The zero-order chi connectivity index (χ0) is 23.8. The molecule has 1 aromatic carbocycles. The van der Waals surface area contributed by atoms with Gasteiger partial charge in [0.15, 0.2) is 0 Å². The molecular formula is C24H24ClF2N3O2S. The first-order valence-corrected chi connectivity index (χ1v) is 11.7. The largest absolute Gasteiger partial charge is 0.383 e. The van der Waals surface area contributed by atoms with Gasteiger partial charge in [-0.1, -0.05) is 42.4 Å². The van der Waals surface area contributed by atoms with E-state index in [2.05, 4.69) is 11.7 Å². The van der Waals surface area contributed by atoms with Crippen LogP contribution in [-0.2, 0) is 28.5 Å². The van der Waals surface area contributed by atoms with Crippen molar-refractivity contribution in [3.05, 3.63) is 75.2 Å². The Morgan fingerprint density at radius 2 is 2.12 bits per heavy atom. The third-order valence-corrected chi connectivity index (χ3v) is 7.00. The third kappa shape index (κ3) is 4.74. The normalized spacial score (nSPS) is 16.0. The van der Waals surface area contributed by atoms with Crippen LogP contribution in [-0.4, -0.2) is 40.8 Å². The number of nitrogens with zero attached hydrogens (tertiary/aromatic N) is 3. The molecule has 2 aromatic heterocycles. The number of methoxy groups -OCH3 is 1. The number of benzene rings is 1. The quantitative estimate of drug-likeness (QED) is 0.399. The molecule has 5 nitrogen and oxygen atoms in total. The molecule has 9 heteroatoms. The van der Waals surface area contributed by atoms with Crippen molar-refractivity contribution in [3.63, 3.8) is 0 Å². The van der Waals surface area contributed by atoms with Crippen molar-refractivity contribution in [2.45, 2.75) is 31.9 Å². The van der Waals surface area contributed by atoms with Gasteiger partial charge >= 0.3 is 0 Å². The molecule has 0 N–H and O–H groups in total. The molecule has 1 aliphatic rings. The van der Waals surface area contributed by atoms with E-state index in [0.717, 1.165) is 22.9 Å². The number of ether oxygens (including phenoxy) is 1. The maximum Gasteiger partial charge on any atom is 0.289 e. The van der Waals surface area contributed by atoms with Crippen molar-refractivity contribution < 1.29 is 18.3 Å². The molecule has 0 saturated carbocycles. The van der Waals surface area contributed by atoms with Crippen molar-refractivity contribution in [3.8, 4) is 11.1 Å². The lowest BCUT2D eigenvalue weighted by Gasteiger charge is -2.33. The number of amides is 1. The van der Waals surface area contributed by atoms with E-state index in [9.17, 15) is 13.6 Å². The highest BCUT2D eigenvalue weighted by Gasteiger charge is 2.35. The summed E-state index contributed by atoms with van der Waals surface area (Å²) in [7, 11) is 1.55. The highest BCUT2D eigenvalue weighted by atomic mass is 35.5. The fourth-order valence-corrected chi connectivity index (χ4v) is 5.59. The van der Waals surface area contributed by atoms with Gasteiger partial charge in [0.2, 0.25) is 5.91 Å². The van der Waals surface area contributed by atoms with Crippen LogP contribution in [0.5, 0.6) is 0 Å². The van der Waals surface area contributed by atoms with Gasteiger partial charge in [-0.3, -0.25) is 9.48 Å². The van der Waals surface area contributed by atoms with Crippen molar-refractivity contribution in [1.82, 2.24) is 14.7 Å². The fraction of sp³-hybridized carbons (Fsp3) is 0.333. The average molecular weight is 492 g/mol. The molecule has 0 fully saturated rings. The molecule has 0 radical (unpaired) electrons. The Morgan fingerprint density at radius 3 is 2.82 bits per heavy atom. The number of hydrogen-bond donors (Lipinski definition) is 0. The first-order valence-electron chi connectivity index (χ1n) is 10.5. The summed E-state index contributed by atoms with van der Waals surface area (Å²) in [5, 5.41) is 4.18. The zero-order valence-corrected chi connectivity index (χ0v) is 19.9. The van der Waals surface area contributed by atoms with Crippen LogP contribution in [0, 0.1) is 0 Å². The van der Waals surface area contributed by atoms with Gasteiger partial charge in [-0.15, -0.1) is 11.3 Å². The van der Waals surface area contributed by atoms with E-state index in [1.165, 1.54) is 22.1 Å². The number of rotatable bonds is 7. The summed E-state index contributed by atoms with van der Waals surface area (Å²) < 4.78 is 36.4. The fourth-order valence-electron chi connectivity index (χ4n) is 4.24. The molecule has 0 unspecified atom stereocenters. The maximum absolute atomic E-state index is 14.6. The molecule has 3 heterocycles. The van der Waals surface area contributed by atoms with Crippen molar-refractivity contribution in [1.29, 1.82) is 0 Å². The monoisotopic (exact) mass is 491 g/mol. The van der Waals surface area contributed by atoms with E-state index in [4.69, 9.17) is 16.3 Å². The van der Waals surface area contributed by atoms with Gasteiger partial charge in [0, 0.05) is 43.1 Å². The molecule has 1 atom stereocenters. The zero-order valence-electron chi connectivity index (χ0n) is 18.4. The van der Waals surface area contributed by atoms with Gasteiger partial charge in [-0.25, -0.2) is 0 Å². The summed E-state index contributed by atoms with van der Waals surface area (Å²) in [4.78, 5) is 15.2. The maximum atomic E-state index is 14.6. The van der Waals surface area contributed by atoms with Gasteiger partial charge in [-0.2, -0.15) is 13.9 Å². The van der Waals surface area contributed by atoms with Crippen LogP contribution in [0.4, 0.5) is 8.78 Å². The first kappa shape index (κ1) is 23.6.